The maximum Gasteiger partial charge on any atom is 0.243 e. The molecule has 0 spiro atoms. The third-order valence-electron chi connectivity index (χ3n) is 5.37. The summed E-state index contributed by atoms with van der Waals surface area (Å²) in [6.45, 7) is 6.15. The highest BCUT2D eigenvalue weighted by atomic mass is 32.2. The monoisotopic (exact) mass is 492 g/mol. The summed E-state index contributed by atoms with van der Waals surface area (Å²) >= 11 is 1.46. The molecule has 0 aliphatic heterocycles. The molecule has 0 aliphatic rings. The van der Waals surface area contributed by atoms with Crippen molar-refractivity contribution in [1.82, 2.24) is 10.2 Å². The van der Waals surface area contributed by atoms with E-state index in [4.69, 9.17) is 0 Å². The molecule has 1 atom stereocenters. The number of rotatable bonds is 10. The lowest BCUT2D eigenvalue weighted by Crippen LogP contribution is -2.54. The molecule has 0 radical (unpaired) electrons. The molecule has 6 heteroatoms. The van der Waals surface area contributed by atoms with E-state index in [0.717, 1.165) is 16.7 Å². The number of nitrogens with zero attached hydrogens (tertiary/aromatic N) is 1. The number of thioether (sulfide) groups is 1. The normalized spacial score (nSPS) is 12.1. The first-order chi connectivity index (χ1) is 16.7. The summed E-state index contributed by atoms with van der Waals surface area (Å²) in [4.78, 5) is 28.7. The van der Waals surface area contributed by atoms with Crippen molar-refractivity contribution in [2.45, 2.75) is 51.1 Å². The van der Waals surface area contributed by atoms with Crippen LogP contribution in [0.3, 0.4) is 0 Å². The van der Waals surface area contributed by atoms with E-state index in [1.165, 1.54) is 23.9 Å². The lowest BCUT2D eigenvalue weighted by molar-refractivity contribution is -0.140. The van der Waals surface area contributed by atoms with Crippen LogP contribution in [-0.2, 0) is 28.3 Å². The molecule has 2 amide bonds. The Labute approximate surface area is 211 Å². The number of carbonyl (C=O) groups is 2. The average molecular weight is 493 g/mol. The van der Waals surface area contributed by atoms with E-state index in [1.54, 1.807) is 17.0 Å². The van der Waals surface area contributed by atoms with Gasteiger partial charge in [-0.25, -0.2) is 4.39 Å². The lowest BCUT2D eigenvalue weighted by atomic mass is 10.0. The van der Waals surface area contributed by atoms with Crippen molar-refractivity contribution in [2.24, 2.45) is 0 Å². The fourth-order valence-corrected chi connectivity index (χ4v) is 4.58. The van der Waals surface area contributed by atoms with Crippen LogP contribution in [0.15, 0.2) is 84.9 Å². The van der Waals surface area contributed by atoms with Crippen molar-refractivity contribution < 1.29 is 14.0 Å². The Balaban J connectivity index is 1.83. The van der Waals surface area contributed by atoms with Crippen molar-refractivity contribution in [1.29, 1.82) is 0 Å². The number of amides is 2. The van der Waals surface area contributed by atoms with Gasteiger partial charge in [-0.1, -0.05) is 72.8 Å². The van der Waals surface area contributed by atoms with E-state index in [1.807, 2.05) is 81.4 Å². The average Bonchev–Trinajstić information content (AvgIpc) is 2.82. The predicted molar refractivity (Wildman–Crippen MR) is 141 cm³/mol. The Hall–Kier alpha value is -3.12. The second kappa shape index (κ2) is 12.5. The molecule has 0 bridgehead atoms. The van der Waals surface area contributed by atoms with E-state index >= 15 is 0 Å². The largest absolute Gasteiger partial charge is 0.350 e. The highest BCUT2D eigenvalue weighted by Crippen LogP contribution is 2.19. The topological polar surface area (TPSA) is 49.4 Å². The lowest BCUT2D eigenvalue weighted by Gasteiger charge is -2.34. The highest BCUT2D eigenvalue weighted by molar-refractivity contribution is 7.99. The van der Waals surface area contributed by atoms with Crippen LogP contribution >= 0.6 is 11.8 Å². The molecule has 0 aliphatic carbocycles. The van der Waals surface area contributed by atoms with Gasteiger partial charge in [-0.05, 0) is 49.6 Å². The molecule has 0 saturated heterocycles. The minimum atomic E-state index is -0.657. The van der Waals surface area contributed by atoms with Crippen LogP contribution in [0.5, 0.6) is 0 Å². The van der Waals surface area contributed by atoms with Crippen LogP contribution in [0.4, 0.5) is 4.39 Å². The van der Waals surface area contributed by atoms with E-state index in [9.17, 15) is 14.0 Å². The van der Waals surface area contributed by atoms with E-state index in [-0.39, 0.29) is 23.4 Å². The van der Waals surface area contributed by atoms with Gasteiger partial charge in [-0.2, -0.15) is 0 Å². The first-order valence-electron chi connectivity index (χ1n) is 11.7. The summed E-state index contributed by atoms with van der Waals surface area (Å²) in [5.74, 6) is 0.249. The van der Waals surface area contributed by atoms with Gasteiger partial charge in [0.1, 0.15) is 11.9 Å². The van der Waals surface area contributed by atoms with Crippen LogP contribution in [-0.4, -0.2) is 34.0 Å². The van der Waals surface area contributed by atoms with Crippen LogP contribution < -0.4 is 5.32 Å². The molecule has 3 aromatic rings. The number of nitrogens with one attached hydrogen (secondary N) is 1. The molecule has 0 heterocycles. The minimum Gasteiger partial charge on any atom is -0.350 e. The van der Waals surface area contributed by atoms with Crippen molar-refractivity contribution in [2.75, 3.05) is 5.75 Å². The van der Waals surface area contributed by atoms with Gasteiger partial charge in [0.15, 0.2) is 0 Å². The SMILES string of the molecule is CC(C)(C)NC(=O)[C@@H](Cc1ccccc1)N(Cc1ccccc1)C(=O)CSCc1ccc(F)cc1. The standard InChI is InChI=1S/C29H33FN2O2S/c1-29(2,3)31-28(34)26(18-22-10-6-4-7-11-22)32(19-23-12-8-5-9-13-23)27(33)21-35-20-24-14-16-25(30)17-15-24/h4-17,26H,18-21H2,1-3H3,(H,31,34)/t26-/m1/s1. The van der Waals surface area contributed by atoms with Gasteiger partial charge in [0.25, 0.3) is 0 Å². The Bertz CT molecular complexity index is 1080. The van der Waals surface area contributed by atoms with Gasteiger partial charge in [0, 0.05) is 24.3 Å². The van der Waals surface area contributed by atoms with Crippen LogP contribution in [0, 0.1) is 5.82 Å². The van der Waals surface area contributed by atoms with Gasteiger partial charge in [-0.15, -0.1) is 11.8 Å². The van der Waals surface area contributed by atoms with Crippen LogP contribution in [0.25, 0.3) is 0 Å². The molecular weight excluding hydrogens is 459 g/mol. The Kier molecular flexibility index (Phi) is 9.49. The van der Waals surface area contributed by atoms with E-state index < -0.39 is 11.6 Å². The van der Waals surface area contributed by atoms with Crippen molar-refractivity contribution in [3.05, 3.63) is 107 Å². The summed E-state index contributed by atoms with van der Waals surface area (Å²) in [5, 5.41) is 3.07. The number of benzene rings is 3. The third-order valence-corrected chi connectivity index (χ3v) is 6.36. The molecule has 0 fully saturated rings. The highest BCUT2D eigenvalue weighted by Gasteiger charge is 2.32. The van der Waals surface area contributed by atoms with E-state index in [2.05, 4.69) is 5.32 Å². The van der Waals surface area contributed by atoms with Crippen molar-refractivity contribution >= 4 is 23.6 Å². The number of carbonyl (C=O) groups excluding carboxylic acids is 2. The van der Waals surface area contributed by atoms with Crippen molar-refractivity contribution in [3.8, 4) is 0 Å². The summed E-state index contributed by atoms with van der Waals surface area (Å²) < 4.78 is 13.2. The maximum atomic E-state index is 13.6. The summed E-state index contributed by atoms with van der Waals surface area (Å²) in [7, 11) is 0. The quantitative estimate of drug-likeness (QED) is 0.400. The molecule has 3 aromatic carbocycles. The molecule has 184 valence electrons. The molecule has 35 heavy (non-hydrogen) atoms. The first kappa shape index (κ1) is 26.5. The number of halogens is 1. The summed E-state index contributed by atoms with van der Waals surface area (Å²) in [6.07, 6.45) is 0.421. The number of hydrogen-bond acceptors (Lipinski definition) is 3. The maximum absolute atomic E-state index is 13.6. The zero-order valence-corrected chi connectivity index (χ0v) is 21.4. The van der Waals surface area contributed by atoms with Gasteiger partial charge in [-0.3, -0.25) is 9.59 Å². The number of hydrogen-bond donors (Lipinski definition) is 1. The molecule has 4 nitrogen and oxygen atoms in total. The fraction of sp³-hybridized carbons (Fsp3) is 0.310. The fourth-order valence-electron chi connectivity index (χ4n) is 3.71. The molecule has 1 N–H and O–H groups in total. The summed E-state index contributed by atoms with van der Waals surface area (Å²) in [5.41, 5.74) is 2.48. The Morgan fingerprint density at radius 1 is 0.857 bits per heavy atom. The van der Waals surface area contributed by atoms with Gasteiger partial charge >= 0.3 is 0 Å². The van der Waals surface area contributed by atoms with Crippen LogP contribution in [0.1, 0.15) is 37.5 Å². The molecule has 0 aromatic heterocycles. The van der Waals surface area contributed by atoms with Gasteiger partial charge < -0.3 is 10.2 Å². The zero-order chi connectivity index (χ0) is 25.3. The molecule has 0 unspecified atom stereocenters. The van der Waals surface area contributed by atoms with Gasteiger partial charge in [0.2, 0.25) is 11.8 Å². The molecular formula is C29H33FN2O2S. The Morgan fingerprint density at radius 3 is 2.00 bits per heavy atom. The van der Waals surface area contributed by atoms with E-state index in [0.29, 0.717) is 18.7 Å². The molecule has 0 saturated carbocycles. The predicted octanol–water partition coefficient (Wildman–Crippen LogP) is 5.61. The minimum absolute atomic E-state index is 0.106. The third kappa shape index (κ3) is 8.87. The van der Waals surface area contributed by atoms with Crippen LogP contribution in [0.2, 0.25) is 0 Å². The van der Waals surface area contributed by atoms with Crippen molar-refractivity contribution in [3.63, 3.8) is 0 Å². The smallest absolute Gasteiger partial charge is 0.243 e. The Morgan fingerprint density at radius 2 is 1.43 bits per heavy atom. The second-order valence-electron chi connectivity index (χ2n) is 9.57. The second-order valence-corrected chi connectivity index (χ2v) is 10.6. The zero-order valence-electron chi connectivity index (χ0n) is 20.5. The molecule has 3 rings (SSSR count). The van der Waals surface area contributed by atoms with Gasteiger partial charge in [0.05, 0.1) is 5.75 Å². The summed E-state index contributed by atoms with van der Waals surface area (Å²) in [6, 6.07) is 25.1. The first-order valence-corrected chi connectivity index (χ1v) is 12.9.